The third-order valence-corrected chi connectivity index (χ3v) is 2.96. The van der Waals surface area contributed by atoms with Gasteiger partial charge in [-0.25, -0.2) is 4.68 Å². The summed E-state index contributed by atoms with van der Waals surface area (Å²) in [4.78, 5) is 12.0. The fraction of sp³-hybridized carbons (Fsp3) is 0.714. The van der Waals surface area contributed by atoms with Gasteiger partial charge in [-0.05, 0) is 34.6 Å². The normalized spacial score (nSPS) is 13.2. The molecule has 6 heteroatoms. The summed E-state index contributed by atoms with van der Waals surface area (Å²) in [6.07, 6.45) is 0. The summed E-state index contributed by atoms with van der Waals surface area (Å²) in [5, 5.41) is 10.5. The van der Waals surface area contributed by atoms with E-state index in [0.717, 1.165) is 17.1 Å². The van der Waals surface area contributed by atoms with E-state index in [1.165, 1.54) is 0 Å². The number of carbonyl (C=O) groups excluding carboxylic acids is 1. The van der Waals surface area contributed by atoms with E-state index < -0.39 is 0 Å². The Morgan fingerprint density at radius 2 is 2.05 bits per heavy atom. The monoisotopic (exact) mass is 282 g/mol. The Labute approximate surface area is 120 Å². The maximum Gasteiger partial charge on any atom is 0.237 e. The van der Waals surface area contributed by atoms with E-state index in [0.29, 0.717) is 6.54 Å². The number of aromatic nitrogens is 2. The van der Waals surface area contributed by atoms with Crippen molar-refractivity contribution in [2.75, 3.05) is 7.11 Å². The van der Waals surface area contributed by atoms with E-state index in [1.807, 2.05) is 41.7 Å². The van der Waals surface area contributed by atoms with Gasteiger partial charge in [-0.15, -0.1) is 0 Å². The molecule has 0 spiro atoms. The number of methoxy groups -OCH3 is 1. The van der Waals surface area contributed by atoms with Gasteiger partial charge in [0.1, 0.15) is 0 Å². The van der Waals surface area contributed by atoms with Gasteiger partial charge < -0.3 is 15.4 Å². The van der Waals surface area contributed by atoms with Crippen molar-refractivity contribution in [2.45, 2.75) is 52.7 Å². The summed E-state index contributed by atoms with van der Waals surface area (Å²) in [5.41, 5.74) is 1.65. The first kappa shape index (κ1) is 16.5. The first-order valence-corrected chi connectivity index (χ1v) is 6.77. The molecule has 0 bridgehead atoms. The molecule has 114 valence electrons. The topological polar surface area (TPSA) is 68.2 Å². The van der Waals surface area contributed by atoms with Crippen LogP contribution in [0.2, 0.25) is 0 Å². The second-order valence-electron chi connectivity index (χ2n) is 6.04. The van der Waals surface area contributed by atoms with E-state index >= 15 is 0 Å². The van der Waals surface area contributed by atoms with Crippen molar-refractivity contribution >= 4 is 5.91 Å². The lowest BCUT2D eigenvalue weighted by Crippen LogP contribution is -2.49. The fourth-order valence-corrected chi connectivity index (χ4v) is 1.97. The van der Waals surface area contributed by atoms with Crippen molar-refractivity contribution in [3.05, 3.63) is 11.3 Å². The second-order valence-corrected chi connectivity index (χ2v) is 6.04. The number of nitrogens with zero attached hydrogens (tertiary/aromatic N) is 2. The smallest absolute Gasteiger partial charge is 0.237 e. The predicted molar refractivity (Wildman–Crippen MR) is 78.7 cm³/mol. The van der Waals surface area contributed by atoms with Crippen LogP contribution in [0, 0.1) is 6.92 Å². The van der Waals surface area contributed by atoms with Crippen LogP contribution in [0.15, 0.2) is 0 Å². The molecule has 0 radical (unpaired) electrons. The van der Waals surface area contributed by atoms with Crippen LogP contribution in [0.4, 0.5) is 0 Å². The molecule has 0 fully saturated rings. The zero-order valence-electron chi connectivity index (χ0n) is 13.5. The van der Waals surface area contributed by atoms with Gasteiger partial charge in [-0.3, -0.25) is 4.79 Å². The lowest BCUT2D eigenvalue weighted by molar-refractivity contribution is -0.124. The standard InChI is InChI=1S/C14H26N4O2/c1-9-11(13(20-7)18(6)17-9)8-15-10(2)12(19)16-14(3,4)5/h10,15H,8H2,1-7H3,(H,16,19). The quantitative estimate of drug-likeness (QED) is 0.849. The maximum absolute atomic E-state index is 12.0. The van der Waals surface area contributed by atoms with Crippen LogP contribution in [0.3, 0.4) is 0 Å². The van der Waals surface area contributed by atoms with Crippen LogP contribution >= 0.6 is 0 Å². The maximum atomic E-state index is 12.0. The molecule has 1 rings (SSSR count). The molecule has 0 saturated carbocycles. The van der Waals surface area contributed by atoms with E-state index in [-0.39, 0.29) is 17.5 Å². The molecule has 1 aromatic rings. The Bertz CT molecular complexity index is 474. The minimum atomic E-state index is -0.279. The van der Waals surface area contributed by atoms with Crippen LogP contribution in [-0.2, 0) is 18.4 Å². The molecule has 0 aromatic carbocycles. The second kappa shape index (κ2) is 6.26. The fourth-order valence-electron chi connectivity index (χ4n) is 1.97. The Kier molecular flexibility index (Phi) is 5.16. The average Bonchev–Trinajstić information content (AvgIpc) is 2.57. The lowest BCUT2D eigenvalue weighted by atomic mass is 10.1. The Balaban J connectivity index is 2.66. The number of rotatable bonds is 5. The summed E-state index contributed by atoms with van der Waals surface area (Å²) >= 11 is 0. The highest BCUT2D eigenvalue weighted by molar-refractivity contribution is 5.81. The van der Waals surface area contributed by atoms with E-state index in [4.69, 9.17) is 4.74 Å². The largest absolute Gasteiger partial charge is 0.481 e. The molecule has 6 nitrogen and oxygen atoms in total. The molecule has 2 N–H and O–H groups in total. The molecule has 1 unspecified atom stereocenters. The lowest BCUT2D eigenvalue weighted by Gasteiger charge is -2.23. The zero-order chi connectivity index (χ0) is 15.5. The molecule has 1 atom stereocenters. The third kappa shape index (κ3) is 4.23. The minimum absolute atomic E-state index is 0.0157. The van der Waals surface area contributed by atoms with Gasteiger partial charge in [-0.1, -0.05) is 0 Å². The zero-order valence-corrected chi connectivity index (χ0v) is 13.5. The summed E-state index contributed by atoms with van der Waals surface area (Å²) in [5.74, 6) is 0.705. The highest BCUT2D eigenvalue weighted by atomic mass is 16.5. The van der Waals surface area contributed by atoms with Crippen molar-refractivity contribution in [3.63, 3.8) is 0 Å². The first-order chi connectivity index (χ1) is 9.15. The molecule has 1 aromatic heterocycles. The Morgan fingerprint density at radius 3 is 2.55 bits per heavy atom. The van der Waals surface area contributed by atoms with Gasteiger partial charge in [0.25, 0.3) is 0 Å². The summed E-state index contributed by atoms with van der Waals surface area (Å²) < 4.78 is 7.03. The predicted octanol–water partition coefficient (Wildman–Crippen LogP) is 1.13. The summed E-state index contributed by atoms with van der Waals surface area (Å²) in [6, 6.07) is -0.279. The van der Waals surface area contributed by atoms with E-state index in [9.17, 15) is 4.79 Å². The van der Waals surface area contributed by atoms with Crippen molar-refractivity contribution < 1.29 is 9.53 Å². The van der Waals surface area contributed by atoms with Gasteiger partial charge >= 0.3 is 0 Å². The van der Waals surface area contributed by atoms with Gasteiger partial charge in [0.05, 0.1) is 24.4 Å². The van der Waals surface area contributed by atoms with E-state index in [2.05, 4.69) is 15.7 Å². The number of amides is 1. The molecule has 0 saturated heterocycles. The number of hydrogen-bond acceptors (Lipinski definition) is 4. The summed E-state index contributed by atoms with van der Waals surface area (Å²) in [7, 11) is 3.46. The number of carbonyl (C=O) groups is 1. The molecule has 0 aliphatic heterocycles. The number of hydrogen-bond donors (Lipinski definition) is 2. The number of ether oxygens (including phenoxy) is 1. The van der Waals surface area contributed by atoms with Crippen LogP contribution in [0.25, 0.3) is 0 Å². The summed E-state index contributed by atoms with van der Waals surface area (Å²) in [6.45, 7) is 10.2. The minimum Gasteiger partial charge on any atom is -0.481 e. The number of aryl methyl sites for hydroxylation is 2. The molecule has 20 heavy (non-hydrogen) atoms. The molecule has 1 amide bonds. The molecule has 0 aliphatic rings. The molecule has 0 aliphatic carbocycles. The third-order valence-electron chi connectivity index (χ3n) is 2.96. The van der Waals surface area contributed by atoms with Crippen LogP contribution in [-0.4, -0.2) is 34.4 Å². The van der Waals surface area contributed by atoms with Crippen molar-refractivity contribution in [3.8, 4) is 5.88 Å². The van der Waals surface area contributed by atoms with Crippen LogP contribution in [0.5, 0.6) is 5.88 Å². The van der Waals surface area contributed by atoms with E-state index in [1.54, 1.807) is 11.8 Å². The molecule has 1 heterocycles. The van der Waals surface area contributed by atoms with Crippen LogP contribution < -0.4 is 15.4 Å². The molecular formula is C14H26N4O2. The Hall–Kier alpha value is -1.56. The van der Waals surface area contributed by atoms with Crippen LogP contribution in [0.1, 0.15) is 39.0 Å². The van der Waals surface area contributed by atoms with Crippen molar-refractivity contribution in [1.82, 2.24) is 20.4 Å². The van der Waals surface area contributed by atoms with Crippen molar-refractivity contribution in [1.29, 1.82) is 0 Å². The van der Waals surface area contributed by atoms with Crippen molar-refractivity contribution in [2.24, 2.45) is 7.05 Å². The number of nitrogens with one attached hydrogen (secondary N) is 2. The highest BCUT2D eigenvalue weighted by Crippen LogP contribution is 2.20. The highest BCUT2D eigenvalue weighted by Gasteiger charge is 2.20. The SMILES string of the molecule is COc1c(CNC(C)C(=O)NC(C)(C)C)c(C)nn1C. The van der Waals surface area contributed by atoms with Gasteiger partial charge in [0, 0.05) is 19.1 Å². The van der Waals surface area contributed by atoms with Gasteiger partial charge in [0.2, 0.25) is 11.8 Å². The van der Waals surface area contributed by atoms with Gasteiger partial charge in [-0.2, -0.15) is 5.10 Å². The Morgan fingerprint density at radius 1 is 1.45 bits per heavy atom. The molecular weight excluding hydrogens is 256 g/mol. The average molecular weight is 282 g/mol. The first-order valence-electron chi connectivity index (χ1n) is 6.77. The van der Waals surface area contributed by atoms with Gasteiger partial charge in [0.15, 0.2) is 0 Å².